The van der Waals surface area contributed by atoms with Gasteiger partial charge in [-0.3, -0.25) is 0 Å². The van der Waals surface area contributed by atoms with Gasteiger partial charge in [-0.2, -0.15) is 0 Å². The van der Waals surface area contributed by atoms with Gasteiger partial charge in [-0.25, -0.2) is 0 Å². The van der Waals surface area contributed by atoms with E-state index in [9.17, 15) is 0 Å². The summed E-state index contributed by atoms with van der Waals surface area (Å²) in [6, 6.07) is 0. The van der Waals surface area contributed by atoms with E-state index in [1.54, 1.807) is 0 Å². The normalized spacial score (nSPS) is 10.7. The van der Waals surface area contributed by atoms with Gasteiger partial charge in [-0.15, -0.1) is 0 Å². The zero-order chi connectivity index (χ0) is 4.28. The third-order valence-corrected chi connectivity index (χ3v) is 0.264. The van der Waals surface area contributed by atoms with Crippen molar-refractivity contribution in [1.82, 2.24) is 0 Å². The maximum atomic E-state index is 8.11. The quantitative estimate of drug-likeness (QED) is 0.517. The van der Waals surface area contributed by atoms with Crippen LogP contribution in [-0.4, -0.2) is 22.9 Å². The smallest absolute Gasteiger partial charge is 0.0742 e. The molecule has 2 nitrogen and oxygen atoms in total. The Bertz CT molecular complexity index is 20.0. The SMILES string of the molecule is C.C.CC(O)CO. The Balaban J connectivity index is -0.0000000800. The van der Waals surface area contributed by atoms with Gasteiger partial charge in [0.25, 0.3) is 0 Å². The molecule has 0 aliphatic rings. The van der Waals surface area contributed by atoms with Gasteiger partial charge in [0.15, 0.2) is 0 Å². The monoisotopic (exact) mass is 108 g/mol. The van der Waals surface area contributed by atoms with Crippen LogP contribution in [0, 0.1) is 0 Å². The highest BCUT2D eigenvalue weighted by molar-refractivity contribution is 4.33. The second-order valence-corrected chi connectivity index (χ2v) is 1.03. The molecule has 0 bridgehead atoms. The van der Waals surface area contributed by atoms with Crippen LogP contribution >= 0.6 is 0 Å². The average Bonchev–Trinajstić information content (AvgIpc) is 1.38. The van der Waals surface area contributed by atoms with Crippen LogP contribution in [0.25, 0.3) is 0 Å². The van der Waals surface area contributed by atoms with Gasteiger partial charge in [0, 0.05) is 0 Å². The molecule has 7 heavy (non-hydrogen) atoms. The Hall–Kier alpha value is -0.0800. The molecule has 2 N–H and O–H groups in total. The largest absolute Gasteiger partial charge is 0.394 e. The predicted octanol–water partition coefficient (Wildman–Crippen LogP) is 0.632. The van der Waals surface area contributed by atoms with Crippen LogP contribution in [0.2, 0.25) is 0 Å². The van der Waals surface area contributed by atoms with E-state index < -0.39 is 6.10 Å². The van der Waals surface area contributed by atoms with Gasteiger partial charge < -0.3 is 10.2 Å². The molecule has 0 saturated carbocycles. The summed E-state index contributed by atoms with van der Waals surface area (Å²) in [6.45, 7) is 1.39. The summed E-state index contributed by atoms with van der Waals surface area (Å²) in [5.41, 5.74) is 0. The van der Waals surface area contributed by atoms with Gasteiger partial charge in [-0.05, 0) is 6.92 Å². The Morgan fingerprint density at radius 1 is 1.43 bits per heavy atom. The van der Waals surface area contributed by atoms with Gasteiger partial charge in [0.1, 0.15) is 0 Å². The first-order chi connectivity index (χ1) is 2.27. The lowest BCUT2D eigenvalue weighted by atomic mass is 10.5. The summed E-state index contributed by atoms with van der Waals surface area (Å²) >= 11 is 0. The van der Waals surface area contributed by atoms with E-state index in [1.165, 1.54) is 6.92 Å². The summed E-state index contributed by atoms with van der Waals surface area (Å²) in [6.07, 6.45) is -0.560. The van der Waals surface area contributed by atoms with Crippen molar-refractivity contribution in [3.8, 4) is 0 Å². The third-order valence-electron chi connectivity index (χ3n) is 0.264. The Labute approximate surface area is 45.8 Å². The molecule has 1 atom stereocenters. The van der Waals surface area contributed by atoms with E-state index in [2.05, 4.69) is 0 Å². The molecule has 0 aromatic heterocycles. The molecular weight excluding hydrogens is 92.1 g/mol. The van der Waals surface area contributed by atoms with E-state index in [0.717, 1.165) is 0 Å². The van der Waals surface area contributed by atoms with E-state index in [1.807, 2.05) is 0 Å². The Morgan fingerprint density at radius 3 is 1.57 bits per heavy atom. The standard InChI is InChI=1S/C3H8O2.2CH4/c1-3(5)2-4;;/h3-5H,2H2,1H3;2*1H4. The molecule has 0 rings (SSSR count). The summed E-state index contributed by atoms with van der Waals surface area (Å²) < 4.78 is 0. The first-order valence-corrected chi connectivity index (χ1v) is 1.56. The van der Waals surface area contributed by atoms with Gasteiger partial charge in [-0.1, -0.05) is 14.9 Å². The molecule has 0 aliphatic heterocycles. The predicted molar refractivity (Wildman–Crippen MR) is 32.2 cm³/mol. The number of hydrogen-bond acceptors (Lipinski definition) is 2. The lowest BCUT2D eigenvalue weighted by Crippen LogP contribution is -2.03. The van der Waals surface area contributed by atoms with Crippen molar-refractivity contribution in [3.05, 3.63) is 0 Å². The van der Waals surface area contributed by atoms with E-state index in [4.69, 9.17) is 10.2 Å². The van der Waals surface area contributed by atoms with Crippen LogP contribution in [0.5, 0.6) is 0 Å². The minimum absolute atomic E-state index is 0. The van der Waals surface area contributed by atoms with Crippen molar-refractivity contribution < 1.29 is 10.2 Å². The number of hydrogen-bond donors (Lipinski definition) is 2. The van der Waals surface area contributed by atoms with Crippen LogP contribution < -0.4 is 0 Å². The molecule has 0 amide bonds. The summed E-state index contributed by atoms with van der Waals surface area (Å²) in [5, 5.41) is 16.0. The van der Waals surface area contributed by atoms with Crippen LogP contribution in [0.4, 0.5) is 0 Å². The van der Waals surface area contributed by atoms with Crippen LogP contribution in [0.3, 0.4) is 0 Å². The van der Waals surface area contributed by atoms with Crippen molar-refractivity contribution in [2.45, 2.75) is 27.9 Å². The molecular formula is C5H16O2. The first kappa shape index (κ1) is 15.8. The molecule has 0 aromatic carbocycles. The number of rotatable bonds is 1. The minimum atomic E-state index is -0.560. The van der Waals surface area contributed by atoms with Crippen molar-refractivity contribution >= 4 is 0 Å². The number of aliphatic hydroxyl groups excluding tert-OH is 2. The van der Waals surface area contributed by atoms with Crippen molar-refractivity contribution in [2.75, 3.05) is 6.61 Å². The molecule has 0 radical (unpaired) electrons. The van der Waals surface area contributed by atoms with Crippen molar-refractivity contribution in [1.29, 1.82) is 0 Å². The molecule has 0 fully saturated rings. The molecule has 0 heterocycles. The second kappa shape index (κ2) is 9.33. The highest BCUT2D eigenvalue weighted by Gasteiger charge is 1.83. The summed E-state index contributed by atoms with van der Waals surface area (Å²) in [5.74, 6) is 0. The third kappa shape index (κ3) is 24.7. The fraction of sp³-hybridized carbons (Fsp3) is 1.00. The van der Waals surface area contributed by atoms with Crippen LogP contribution in [0.15, 0.2) is 0 Å². The fourth-order valence-electron chi connectivity index (χ4n) is 0. The molecule has 48 valence electrons. The maximum absolute atomic E-state index is 8.11. The zero-order valence-corrected chi connectivity index (χ0v) is 3.18. The summed E-state index contributed by atoms with van der Waals surface area (Å²) in [7, 11) is 0. The first-order valence-electron chi connectivity index (χ1n) is 1.56. The van der Waals surface area contributed by atoms with Crippen LogP contribution in [-0.2, 0) is 0 Å². The molecule has 0 saturated heterocycles. The van der Waals surface area contributed by atoms with Gasteiger partial charge in [0.2, 0.25) is 0 Å². The van der Waals surface area contributed by atoms with Crippen LogP contribution in [0.1, 0.15) is 21.8 Å². The lowest BCUT2D eigenvalue weighted by molar-refractivity contribution is 0.110. The molecule has 1 unspecified atom stereocenters. The molecule has 0 aromatic rings. The molecule has 0 aliphatic carbocycles. The highest BCUT2D eigenvalue weighted by atomic mass is 16.3. The minimum Gasteiger partial charge on any atom is -0.394 e. The van der Waals surface area contributed by atoms with E-state index in [-0.39, 0.29) is 21.5 Å². The van der Waals surface area contributed by atoms with Crippen molar-refractivity contribution in [2.24, 2.45) is 0 Å². The average molecular weight is 108 g/mol. The zero-order valence-electron chi connectivity index (χ0n) is 3.18. The Kier molecular flexibility index (Phi) is 21.0. The van der Waals surface area contributed by atoms with E-state index >= 15 is 0 Å². The molecule has 2 heteroatoms. The fourth-order valence-corrected chi connectivity index (χ4v) is 0. The topological polar surface area (TPSA) is 40.5 Å². The van der Waals surface area contributed by atoms with Gasteiger partial charge >= 0.3 is 0 Å². The van der Waals surface area contributed by atoms with Gasteiger partial charge in [0.05, 0.1) is 12.7 Å². The maximum Gasteiger partial charge on any atom is 0.0742 e. The summed E-state index contributed by atoms with van der Waals surface area (Å²) in [4.78, 5) is 0. The number of aliphatic hydroxyl groups is 2. The molecule has 0 spiro atoms. The highest BCUT2D eigenvalue weighted by Crippen LogP contribution is 1.68. The second-order valence-electron chi connectivity index (χ2n) is 1.03. The lowest BCUT2D eigenvalue weighted by Gasteiger charge is -1.90. The Morgan fingerprint density at radius 2 is 1.57 bits per heavy atom. The van der Waals surface area contributed by atoms with E-state index in [0.29, 0.717) is 0 Å². The van der Waals surface area contributed by atoms with Crippen molar-refractivity contribution in [3.63, 3.8) is 0 Å².